The van der Waals surface area contributed by atoms with E-state index in [0.717, 1.165) is 24.5 Å². The number of esters is 2. The van der Waals surface area contributed by atoms with Crippen LogP contribution >= 0.6 is 0 Å². The van der Waals surface area contributed by atoms with Gasteiger partial charge < -0.3 is 14.2 Å². The highest BCUT2D eigenvalue weighted by molar-refractivity contribution is 5.91. The Balaban J connectivity index is 1.54. The monoisotopic (exact) mass is 506 g/mol. The number of halogens is 3. The van der Waals surface area contributed by atoms with Crippen molar-refractivity contribution in [2.45, 2.75) is 77.5 Å². The molecule has 36 heavy (non-hydrogen) atoms. The van der Waals surface area contributed by atoms with Crippen LogP contribution in [0.5, 0.6) is 11.5 Å². The molecule has 0 N–H and O–H groups in total. The molecule has 1 fully saturated rings. The SMILES string of the molecule is CCCOc1ccc(C(=O)Oc2ccc(C3CCC(OC(=O)[C@@H](F)[C@@H](C)CC)CC3)cc2)c(F)c1F. The van der Waals surface area contributed by atoms with Crippen molar-refractivity contribution < 1.29 is 37.0 Å². The van der Waals surface area contributed by atoms with Crippen molar-refractivity contribution in [3.8, 4) is 11.5 Å². The lowest BCUT2D eigenvalue weighted by molar-refractivity contribution is -0.158. The molecule has 0 heterocycles. The van der Waals surface area contributed by atoms with Crippen molar-refractivity contribution in [3.63, 3.8) is 0 Å². The van der Waals surface area contributed by atoms with Crippen LogP contribution in [0.4, 0.5) is 13.2 Å². The Hall–Kier alpha value is -3.03. The van der Waals surface area contributed by atoms with Gasteiger partial charge in [0.1, 0.15) is 11.9 Å². The third kappa shape index (κ3) is 6.80. The minimum absolute atomic E-state index is 0.205. The van der Waals surface area contributed by atoms with Gasteiger partial charge in [0.2, 0.25) is 5.82 Å². The molecule has 0 aromatic heterocycles. The standard InChI is InChI=1S/C28H33F3O5/c1-4-16-34-23-15-14-22(25(30)26(23)31)27(32)35-20-10-6-18(7-11-20)19-8-12-21(13-9-19)36-28(33)24(29)17(3)5-2/h6-7,10-11,14-15,17,19,21,24H,4-5,8-9,12-13,16H2,1-3H3/t17-,19?,21?,24-/m0/s1. The molecule has 0 saturated heterocycles. The molecule has 0 unspecified atom stereocenters. The second kappa shape index (κ2) is 12.8. The second-order valence-corrected chi connectivity index (χ2v) is 9.24. The summed E-state index contributed by atoms with van der Waals surface area (Å²) in [6.07, 6.45) is 2.15. The number of hydrogen-bond acceptors (Lipinski definition) is 5. The van der Waals surface area contributed by atoms with E-state index in [1.54, 1.807) is 19.1 Å². The summed E-state index contributed by atoms with van der Waals surface area (Å²) in [6.45, 7) is 5.60. The third-order valence-corrected chi connectivity index (χ3v) is 6.62. The molecule has 1 aliphatic carbocycles. The fourth-order valence-corrected chi connectivity index (χ4v) is 4.17. The van der Waals surface area contributed by atoms with Gasteiger partial charge in [-0.1, -0.05) is 39.3 Å². The van der Waals surface area contributed by atoms with Gasteiger partial charge in [0.15, 0.2) is 17.7 Å². The first-order valence-corrected chi connectivity index (χ1v) is 12.5. The first-order valence-electron chi connectivity index (χ1n) is 12.5. The summed E-state index contributed by atoms with van der Waals surface area (Å²) in [5, 5.41) is 0. The molecule has 5 nitrogen and oxygen atoms in total. The summed E-state index contributed by atoms with van der Waals surface area (Å²) in [6, 6.07) is 9.19. The van der Waals surface area contributed by atoms with Crippen LogP contribution < -0.4 is 9.47 Å². The van der Waals surface area contributed by atoms with Crippen molar-refractivity contribution in [2.75, 3.05) is 6.61 Å². The van der Waals surface area contributed by atoms with E-state index in [9.17, 15) is 22.8 Å². The van der Waals surface area contributed by atoms with Gasteiger partial charge in [-0.25, -0.2) is 18.4 Å². The summed E-state index contributed by atoms with van der Waals surface area (Å²) in [5.74, 6) is -4.51. The van der Waals surface area contributed by atoms with Crippen molar-refractivity contribution in [1.82, 2.24) is 0 Å². The van der Waals surface area contributed by atoms with Crippen molar-refractivity contribution in [3.05, 3.63) is 59.2 Å². The highest BCUT2D eigenvalue weighted by Gasteiger charge is 2.30. The number of alkyl halides is 1. The minimum atomic E-state index is -1.60. The van der Waals surface area contributed by atoms with E-state index in [2.05, 4.69) is 0 Å². The quantitative estimate of drug-likeness (QED) is 0.258. The summed E-state index contributed by atoms with van der Waals surface area (Å²) in [7, 11) is 0. The summed E-state index contributed by atoms with van der Waals surface area (Å²) < 4.78 is 58.3. The van der Waals surface area contributed by atoms with Gasteiger partial charge in [-0.15, -0.1) is 0 Å². The van der Waals surface area contributed by atoms with Gasteiger partial charge in [-0.2, -0.15) is 4.39 Å². The van der Waals surface area contributed by atoms with Gasteiger partial charge in [0, 0.05) is 0 Å². The van der Waals surface area contributed by atoms with Crippen LogP contribution in [0.2, 0.25) is 0 Å². The van der Waals surface area contributed by atoms with E-state index in [0.29, 0.717) is 25.7 Å². The number of carbonyl (C=O) groups excluding carboxylic acids is 2. The maximum Gasteiger partial charge on any atom is 0.346 e. The summed E-state index contributed by atoms with van der Waals surface area (Å²) in [4.78, 5) is 24.4. The molecule has 0 amide bonds. The summed E-state index contributed by atoms with van der Waals surface area (Å²) >= 11 is 0. The Labute approximate surface area is 209 Å². The van der Waals surface area contributed by atoms with Gasteiger partial charge in [0.25, 0.3) is 0 Å². The lowest BCUT2D eigenvalue weighted by Crippen LogP contribution is -2.31. The van der Waals surface area contributed by atoms with Crippen LogP contribution in [-0.2, 0) is 9.53 Å². The van der Waals surface area contributed by atoms with E-state index in [-0.39, 0.29) is 36.0 Å². The second-order valence-electron chi connectivity index (χ2n) is 9.24. The van der Waals surface area contributed by atoms with E-state index in [1.165, 1.54) is 6.07 Å². The molecule has 0 bridgehead atoms. The molecular weight excluding hydrogens is 473 g/mol. The molecule has 0 radical (unpaired) electrons. The zero-order valence-corrected chi connectivity index (χ0v) is 20.9. The highest BCUT2D eigenvalue weighted by atomic mass is 19.2. The zero-order chi connectivity index (χ0) is 26.2. The number of rotatable bonds is 10. The molecule has 1 aliphatic rings. The Kier molecular flexibility index (Phi) is 9.79. The first kappa shape index (κ1) is 27.6. The van der Waals surface area contributed by atoms with Gasteiger partial charge in [0.05, 0.1) is 12.2 Å². The van der Waals surface area contributed by atoms with Crippen LogP contribution in [0.25, 0.3) is 0 Å². The van der Waals surface area contributed by atoms with Crippen LogP contribution in [-0.4, -0.2) is 30.8 Å². The fraction of sp³-hybridized carbons (Fsp3) is 0.500. The lowest BCUT2D eigenvalue weighted by atomic mass is 9.82. The van der Waals surface area contributed by atoms with E-state index < -0.39 is 35.3 Å². The average molecular weight is 507 g/mol. The van der Waals surface area contributed by atoms with Crippen molar-refractivity contribution >= 4 is 11.9 Å². The number of hydrogen-bond donors (Lipinski definition) is 0. The largest absolute Gasteiger partial charge is 0.490 e. The maximum atomic E-state index is 14.4. The Morgan fingerprint density at radius 3 is 2.25 bits per heavy atom. The number of ether oxygens (including phenoxy) is 3. The molecule has 2 aromatic rings. The fourth-order valence-electron chi connectivity index (χ4n) is 4.17. The Morgan fingerprint density at radius 1 is 0.972 bits per heavy atom. The highest BCUT2D eigenvalue weighted by Crippen LogP contribution is 2.35. The van der Waals surface area contributed by atoms with Crippen molar-refractivity contribution in [2.24, 2.45) is 5.92 Å². The number of benzene rings is 2. The molecule has 0 aliphatic heterocycles. The van der Waals surface area contributed by atoms with Gasteiger partial charge in [-0.3, -0.25) is 0 Å². The minimum Gasteiger partial charge on any atom is -0.490 e. The molecule has 1 saturated carbocycles. The lowest BCUT2D eigenvalue weighted by Gasteiger charge is -2.29. The van der Waals surface area contributed by atoms with Gasteiger partial charge in [-0.05, 0) is 73.8 Å². The average Bonchev–Trinajstić information content (AvgIpc) is 2.89. The molecule has 2 atom stereocenters. The van der Waals surface area contributed by atoms with Crippen molar-refractivity contribution in [1.29, 1.82) is 0 Å². The Bertz CT molecular complexity index is 1030. The smallest absolute Gasteiger partial charge is 0.346 e. The predicted octanol–water partition coefficient (Wildman–Crippen LogP) is 6.93. The molecule has 3 rings (SSSR count). The molecule has 196 valence electrons. The van der Waals surface area contributed by atoms with Crippen LogP contribution in [0.3, 0.4) is 0 Å². The van der Waals surface area contributed by atoms with Crippen LogP contribution in [0, 0.1) is 17.6 Å². The molecule has 8 heteroatoms. The number of carbonyl (C=O) groups is 2. The van der Waals surface area contributed by atoms with Crippen LogP contribution in [0.1, 0.15) is 81.1 Å². The molecule has 2 aromatic carbocycles. The van der Waals surface area contributed by atoms with Gasteiger partial charge >= 0.3 is 11.9 Å². The third-order valence-electron chi connectivity index (χ3n) is 6.62. The maximum absolute atomic E-state index is 14.4. The topological polar surface area (TPSA) is 61.8 Å². The predicted molar refractivity (Wildman–Crippen MR) is 129 cm³/mol. The first-order chi connectivity index (χ1) is 17.2. The van der Waals surface area contributed by atoms with E-state index in [1.807, 2.05) is 26.0 Å². The van der Waals surface area contributed by atoms with E-state index >= 15 is 0 Å². The normalized spacial score (nSPS) is 19.3. The Morgan fingerprint density at radius 2 is 1.64 bits per heavy atom. The van der Waals surface area contributed by atoms with Crippen LogP contribution in [0.15, 0.2) is 36.4 Å². The zero-order valence-electron chi connectivity index (χ0n) is 20.9. The summed E-state index contributed by atoms with van der Waals surface area (Å²) in [5.41, 5.74) is 0.509. The molecular formula is C28H33F3O5. The van der Waals surface area contributed by atoms with E-state index in [4.69, 9.17) is 14.2 Å². The molecule has 0 spiro atoms.